The van der Waals surface area contributed by atoms with E-state index in [1.165, 1.54) is 17.8 Å². The lowest BCUT2D eigenvalue weighted by Crippen LogP contribution is -2.28. The van der Waals surface area contributed by atoms with Crippen LogP contribution in [0.15, 0.2) is 58.2 Å². The van der Waals surface area contributed by atoms with E-state index in [9.17, 15) is 14.0 Å². The average molecular weight is 415 g/mol. The van der Waals surface area contributed by atoms with Crippen LogP contribution < -0.4 is 5.32 Å². The van der Waals surface area contributed by atoms with Crippen LogP contribution in [0.2, 0.25) is 0 Å². The van der Waals surface area contributed by atoms with E-state index >= 15 is 0 Å². The zero-order chi connectivity index (χ0) is 20.6. The van der Waals surface area contributed by atoms with Gasteiger partial charge in [0.1, 0.15) is 16.6 Å². The molecule has 3 rings (SSSR count). The zero-order valence-electron chi connectivity index (χ0n) is 15.6. The molecule has 2 heterocycles. The smallest absolute Gasteiger partial charge is 0.341 e. The monoisotopic (exact) mass is 415 g/mol. The molecule has 0 bridgehead atoms. The SMILES string of the molecule is Cc1cc(CSc2ncccc2C(=O)OCC(=O)NCc2ccccc2F)no1. The molecule has 1 amide bonds. The fraction of sp³-hybridized carbons (Fsp3) is 0.200. The molecule has 1 N–H and O–H groups in total. The zero-order valence-corrected chi connectivity index (χ0v) is 16.4. The van der Waals surface area contributed by atoms with E-state index in [-0.39, 0.29) is 12.1 Å². The first-order valence-electron chi connectivity index (χ1n) is 8.70. The number of halogens is 1. The van der Waals surface area contributed by atoms with Crippen LogP contribution >= 0.6 is 11.8 Å². The molecule has 0 atom stereocenters. The number of amides is 1. The maximum Gasteiger partial charge on any atom is 0.341 e. The normalized spacial score (nSPS) is 10.6. The van der Waals surface area contributed by atoms with Crippen LogP contribution in [0.4, 0.5) is 4.39 Å². The molecule has 0 unspecified atom stereocenters. The van der Waals surface area contributed by atoms with Gasteiger partial charge in [-0.25, -0.2) is 14.2 Å². The van der Waals surface area contributed by atoms with Crippen LogP contribution in [0.25, 0.3) is 0 Å². The lowest BCUT2D eigenvalue weighted by Gasteiger charge is -2.09. The van der Waals surface area contributed by atoms with Gasteiger partial charge >= 0.3 is 5.97 Å². The van der Waals surface area contributed by atoms with E-state index in [4.69, 9.17) is 9.26 Å². The molecule has 0 saturated heterocycles. The summed E-state index contributed by atoms with van der Waals surface area (Å²) in [6, 6.07) is 11.1. The van der Waals surface area contributed by atoms with Gasteiger partial charge in [-0.05, 0) is 25.1 Å². The summed E-state index contributed by atoms with van der Waals surface area (Å²) in [6.07, 6.45) is 1.56. The molecule has 150 valence electrons. The van der Waals surface area contributed by atoms with Crippen molar-refractivity contribution in [1.82, 2.24) is 15.5 Å². The molecule has 9 heteroatoms. The van der Waals surface area contributed by atoms with E-state index < -0.39 is 24.3 Å². The molecule has 0 fully saturated rings. The van der Waals surface area contributed by atoms with Gasteiger partial charge in [-0.2, -0.15) is 0 Å². The highest BCUT2D eigenvalue weighted by Crippen LogP contribution is 2.24. The molecule has 29 heavy (non-hydrogen) atoms. The fourth-order valence-electron chi connectivity index (χ4n) is 2.38. The topological polar surface area (TPSA) is 94.3 Å². The number of esters is 1. The van der Waals surface area contributed by atoms with Crippen molar-refractivity contribution in [3.63, 3.8) is 0 Å². The third kappa shape index (κ3) is 5.89. The summed E-state index contributed by atoms with van der Waals surface area (Å²) < 4.78 is 23.6. The van der Waals surface area contributed by atoms with E-state index in [0.29, 0.717) is 22.1 Å². The van der Waals surface area contributed by atoms with E-state index in [1.54, 1.807) is 49.5 Å². The maximum absolute atomic E-state index is 13.6. The molecular weight excluding hydrogens is 397 g/mol. The highest BCUT2D eigenvalue weighted by Gasteiger charge is 2.16. The summed E-state index contributed by atoms with van der Waals surface area (Å²) >= 11 is 1.31. The number of nitrogens with one attached hydrogen (secondary N) is 1. The maximum atomic E-state index is 13.6. The van der Waals surface area contributed by atoms with Gasteiger partial charge in [0.05, 0.1) is 11.3 Å². The summed E-state index contributed by atoms with van der Waals surface area (Å²) in [6.45, 7) is 1.32. The Morgan fingerprint density at radius 1 is 1.24 bits per heavy atom. The first-order valence-corrected chi connectivity index (χ1v) is 9.68. The summed E-state index contributed by atoms with van der Waals surface area (Å²) in [4.78, 5) is 28.5. The summed E-state index contributed by atoms with van der Waals surface area (Å²) in [5, 5.41) is 6.87. The van der Waals surface area contributed by atoms with Gasteiger partial charge in [0.25, 0.3) is 5.91 Å². The Kier molecular flexibility index (Phi) is 6.96. The second-order valence-corrected chi connectivity index (χ2v) is 6.98. The van der Waals surface area contributed by atoms with Gasteiger partial charge in [-0.3, -0.25) is 4.79 Å². The first-order chi connectivity index (χ1) is 14.0. The Morgan fingerprint density at radius 3 is 2.83 bits per heavy atom. The van der Waals surface area contributed by atoms with Crippen LogP contribution in [0, 0.1) is 12.7 Å². The van der Waals surface area contributed by atoms with Gasteiger partial charge in [-0.15, -0.1) is 0 Å². The number of ether oxygens (including phenoxy) is 1. The minimum atomic E-state index is -0.669. The van der Waals surface area contributed by atoms with Crippen molar-refractivity contribution in [3.8, 4) is 0 Å². The second-order valence-electron chi connectivity index (χ2n) is 6.02. The van der Waals surface area contributed by atoms with Crippen molar-refractivity contribution in [2.24, 2.45) is 0 Å². The van der Waals surface area contributed by atoms with Crippen molar-refractivity contribution in [2.75, 3.05) is 6.61 Å². The number of nitrogens with zero attached hydrogens (tertiary/aromatic N) is 2. The molecule has 0 aliphatic carbocycles. The number of carbonyl (C=O) groups is 2. The highest BCUT2D eigenvalue weighted by molar-refractivity contribution is 7.98. The summed E-state index contributed by atoms with van der Waals surface area (Å²) in [7, 11) is 0. The Labute approximate surface area is 170 Å². The van der Waals surface area contributed by atoms with Crippen LogP contribution in [0.5, 0.6) is 0 Å². The average Bonchev–Trinajstić information content (AvgIpc) is 3.15. The van der Waals surface area contributed by atoms with Crippen LogP contribution in [-0.2, 0) is 21.8 Å². The first kappa shape index (κ1) is 20.5. The minimum Gasteiger partial charge on any atom is -0.452 e. The Hall–Kier alpha value is -3.20. The quantitative estimate of drug-likeness (QED) is 0.446. The highest BCUT2D eigenvalue weighted by atomic mass is 32.2. The Balaban J connectivity index is 1.52. The van der Waals surface area contributed by atoms with Crippen molar-refractivity contribution in [2.45, 2.75) is 24.2 Å². The summed E-state index contributed by atoms with van der Waals surface area (Å²) in [5.41, 5.74) is 1.32. The number of thioether (sulfide) groups is 1. The van der Waals surface area contributed by atoms with Gasteiger partial charge < -0.3 is 14.6 Å². The molecule has 7 nitrogen and oxygen atoms in total. The lowest BCUT2D eigenvalue weighted by atomic mass is 10.2. The molecule has 2 aromatic heterocycles. The predicted molar refractivity (Wildman–Crippen MR) is 104 cm³/mol. The molecule has 3 aromatic rings. The number of aromatic nitrogens is 2. The second kappa shape index (κ2) is 9.83. The molecule has 0 radical (unpaired) electrons. The fourth-order valence-corrected chi connectivity index (χ4v) is 3.25. The van der Waals surface area contributed by atoms with Crippen LogP contribution in [-0.4, -0.2) is 28.6 Å². The third-order valence-electron chi connectivity index (χ3n) is 3.79. The summed E-state index contributed by atoms with van der Waals surface area (Å²) in [5.74, 6) is -0.444. The van der Waals surface area contributed by atoms with Crippen LogP contribution in [0.3, 0.4) is 0 Å². The molecular formula is C20H18FN3O4S. The number of hydrogen-bond acceptors (Lipinski definition) is 7. The lowest BCUT2D eigenvalue weighted by molar-refractivity contribution is -0.124. The van der Waals surface area contributed by atoms with Gasteiger partial charge in [0.2, 0.25) is 0 Å². The number of benzene rings is 1. The molecule has 0 aliphatic heterocycles. The number of hydrogen-bond donors (Lipinski definition) is 1. The van der Waals surface area contributed by atoms with E-state index in [1.807, 2.05) is 0 Å². The van der Waals surface area contributed by atoms with Crippen molar-refractivity contribution < 1.29 is 23.2 Å². The van der Waals surface area contributed by atoms with Gasteiger partial charge in [0.15, 0.2) is 6.61 Å². The predicted octanol–water partition coefficient (Wildman–Crippen LogP) is 3.28. The van der Waals surface area contributed by atoms with Crippen LogP contribution in [0.1, 0.15) is 27.4 Å². The number of carbonyl (C=O) groups excluding carboxylic acids is 2. The Morgan fingerprint density at radius 2 is 2.07 bits per heavy atom. The largest absolute Gasteiger partial charge is 0.452 e. The minimum absolute atomic E-state index is 0.00810. The van der Waals surface area contributed by atoms with Crippen molar-refractivity contribution in [3.05, 3.63) is 77.1 Å². The Bertz CT molecular complexity index is 1010. The molecule has 0 spiro atoms. The third-order valence-corrected chi connectivity index (χ3v) is 4.83. The number of pyridine rings is 1. The number of rotatable bonds is 8. The van der Waals surface area contributed by atoms with Gasteiger partial charge in [-0.1, -0.05) is 35.1 Å². The van der Waals surface area contributed by atoms with Crippen molar-refractivity contribution >= 4 is 23.6 Å². The van der Waals surface area contributed by atoms with Crippen molar-refractivity contribution in [1.29, 1.82) is 0 Å². The molecule has 0 aliphatic rings. The molecule has 0 saturated carbocycles. The standard InChI is InChI=1S/C20H18FN3O4S/c1-13-9-15(24-28-13)12-29-19-16(6-4-8-22-19)20(26)27-11-18(25)23-10-14-5-2-3-7-17(14)21/h2-9H,10-12H2,1H3,(H,23,25). The van der Waals surface area contributed by atoms with E-state index in [2.05, 4.69) is 15.5 Å². The van der Waals surface area contributed by atoms with E-state index in [0.717, 1.165) is 5.69 Å². The molecule has 1 aromatic carbocycles. The van der Waals surface area contributed by atoms with Gasteiger partial charge in [0, 0.05) is 30.1 Å². The number of aryl methyl sites for hydroxylation is 1.